The van der Waals surface area contributed by atoms with E-state index in [1.807, 2.05) is 0 Å². The van der Waals surface area contributed by atoms with Gasteiger partial charge in [-0.2, -0.15) is 0 Å². The molecule has 0 aromatic rings. The van der Waals surface area contributed by atoms with Gasteiger partial charge in [0.1, 0.15) is 6.10 Å². The normalized spacial score (nSPS) is 16.6. The molecule has 1 saturated heterocycles. The topological polar surface area (TPSA) is 29.3 Å². The van der Waals surface area contributed by atoms with E-state index in [4.69, 9.17) is 4.74 Å². The van der Waals surface area contributed by atoms with Gasteiger partial charge in [0.25, 0.3) is 0 Å². The van der Waals surface area contributed by atoms with Crippen molar-refractivity contribution in [3.63, 3.8) is 0 Å². The van der Waals surface area contributed by atoms with Gasteiger partial charge in [0.05, 0.1) is 0 Å². The first-order chi connectivity index (χ1) is 23.2. The molecule has 0 aromatic carbocycles. The number of rotatable bonds is 35. The van der Waals surface area contributed by atoms with Gasteiger partial charge in [-0.05, 0) is 110 Å². The van der Waals surface area contributed by atoms with Crippen LogP contribution in [0.5, 0.6) is 0 Å². The molecule has 0 saturated carbocycles. The van der Waals surface area contributed by atoms with Crippen LogP contribution in [0, 0.1) is 0 Å². The highest BCUT2D eigenvalue weighted by Gasteiger charge is 2.28. The number of hydrogen-bond acceptors (Lipinski definition) is 3. The Morgan fingerprint density at radius 1 is 0.574 bits per heavy atom. The summed E-state index contributed by atoms with van der Waals surface area (Å²) >= 11 is 0. The van der Waals surface area contributed by atoms with Crippen LogP contribution < -0.4 is 0 Å². The summed E-state index contributed by atoms with van der Waals surface area (Å²) in [7, 11) is 0. The number of unbranched alkanes of at least 4 members (excludes halogenated alkanes) is 18. The standard InChI is InChI=1S/C44H79NO2/c1-4-6-8-10-12-14-16-18-20-22-24-26-28-30-32-34-37-43(47-44(46)39-36-40-45-41-42(45)3)38-35-33-31-29-27-25-23-21-19-17-15-13-11-9-7-5-2/h12-15,18-21,42-43H,4-11,16-17,22-41H2,1-3H3/b14-12+,15-13+,20-18+,21-19+. The third-order valence-corrected chi connectivity index (χ3v) is 9.57. The summed E-state index contributed by atoms with van der Waals surface area (Å²) in [4.78, 5) is 15.1. The average molecular weight is 654 g/mol. The van der Waals surface area contributed by atoms with E-state index in [1.165, 1.54) is 148 Å². The van der Waals surface area contributed by atoms with Gasteiger partial charge in [-0.15, -0.1) is 0 Å². The maximum Gasteiger partial charge on any atom is 0.306 e. The molecule has 1 aliphatic heterocycles. The first-order valence-corrected chi connectivity index (χ1v) is 20.7. The van der Waals surface area contributed by atoms with Crippen molar-refractivity contribution < 1.29 is 9.53 Å². The summed E-state index contributed by atoms with van der Waals surface area (Å²) in [5, 5.41) is 0. The fourth-order valence-electron chi connectivity index (χ4n) is 6.26. The Labute approximate surface area is 294 Å². The van der Waals surface area contributed by atoms with Gasteiger partial charge in [-0.1, -0.05) is 140 Å². The van der Waals surface area contributed by atoms with Crippen LogP contribution >= 0.6 is 0 Å². The predicted molar refractivity (Wildman–Crippen MR) is 208 cm³/mol. The molecule has 47 heavy (non-hydrogen) atoms. The largest absolute Gasteiger partial charge is 0.462 e. The van der Waals surface area contributed by atoms with E-state index in [0.717, 1.165) is 38.6 Å². The Hall–Kier alpha value is -1.61. The van der Waals surface area contributed by atoms with Crippen LogP contribution in [-0.2, 0) is 9.53 Å². The minimum absolute atomic E-state index is 0.0320. The molecule has 3 heteroatoms. The molecule has 3 nitrogen and oxygen atoms in total. The molecule has 0 aliphatic carbocycles. The molecule has 1 fully saturated rings. The van der Waals surface area contributed by atoms with Crippen molar-refractivity contribution in [2.24, 2.45) is 0 Å². The molecule has 1 heterocycles. The van der Waals surface area contributed by atoms with Crippen molar-refractivity contribution in [2.75, 3.05) is 13.1 Å². The highest BCUT2D eigenvalue weighted by Crippen LogP contribution is 2.20. The second kappa shape index (κ2) is 34.3. The lowest BCUT2D eigenvalue weighted by Gasteiger charge is -2.18. The van der Waals surface area contributed by atoms with Gasteiger partial charge < -0.3 is 4.74 Å². The molecule has 0 radical (unpaired) electrons. The second-order valence-electron chi connectivity index (χ2n) is 14.3. The Morgan fingerprint density at radius 3 is 1.36 bits per heavy atom. The van der Waals surface area contributed by atoms with Crippen molar-refractivity contribution >= 4 is 5.97 Å². The van der Waals surface area contributed by atoms with Gasteiger partial charge in [0.2, 0.25) is 0 Å². The van der Waals surface area contributed by atoms with Crippen LogP contribution in [0.3, 0.4) is 0 Å². The Morgan fingerprint density at radius 2 is 0.957 bits per heavy atom. The van der Waals surface area contributed by atoms with E-state index in [-0.39, 0.29) is 12.1 Å². The maximum atomic E-state index is 12.6. The van der Waals surface area contributed by atoms with Gasteiger partial charge in [0.15, 0.2) is 0 Å². The molecular weight excluding hydrogens is 574 g/mol. The summed E-state index contributed by atoms with van der Waals surface area (Å²) in [5.74, 6) is 0.0320. The van der Waals surface area contributed by atoms with Gasteiger partial charge in [-0.3, -0.25) is 9.69 Å². The zero-order valence-corrected chi connectivity index (χ0v) is 31.8. The van der Waals surface area contributed by atoms with E-state index in [2.05, 4.69) is 74.3 Å². The quantitative estimate of drug-likeness (QED) is 0.0295. The molecule has 1 rings (SSSR count). The lowest BCUT2D eigenvalue weighted by atomic mass is 10.0. The molecule has 0 bridgehead atoms. The summed E-state index contributed by atoms with van der Waals surface area (Å²) in [5.41, 5.74) is 0. The van der Waals surface area contributed by atoms with Crippen LogP contribution in [0.25, 0.3) is 0 Å². The van der Waals surface area contributed by atoms with E-state index in [9.17, 15) is 4.79 Å². The number of esters is 1. The van der Waals surface area contributed by atoms with Crippen molar-refractivity contribution in [3.8, 4) is 0 Å². The molecule has 0 amide bonds. The third kappa shape index (κ3) is 31.4. The molecule has 0 N–H and O–H groups in total. The molecule has 0 aromatic heterocycles. The smallest absolute Gasteiger partial charge is 0.306 e. The lowest BCUT2D eigenvalue weighted by molar-refractivity contribution is -0.150. The van der Waals surface area contributed by atoms with Crippen molar-refractivity contribution in [1.29, 1.82) is 0 Å². The summed E-state index contributed by atoms with van der Waals surface area (Å²) in [6, 6.07) is 0.714. The molecule has 2 atom stereocenters. The van der Waals surface area contributed by atoms with Crippen molar-refractivity contribution in [3.05, 3.63) is 48.6 Å². The number of nitrogens with zero attached hydrogens (tertiary/aromatic N) is 1. The summed E-state index contributed by atoms with van der Waals surface area (Å²) in [6.07, 6.45) is 53.0. The van der Waals surface area contributed by atoms with Crippen molar-refractivity contribution in [1.82, 2.24) is 4.90 Å². The minimum atomic E-state index is 0.0320. The minimum Gasteiger partial charge on any atom is -0.462 e. The summed E-state index contributed by atoms with van der Waals surface area (Å²) < 4.78 is 6.05. The first kappa shape index (κ1) is 43.4. The SMILES string of the molecule is CCCCC/C=C/C/C=C/CCCCCCCCC(CCCCCCCC/C=C/C/C=C/CCCCC)OC(=O)CCCN1CC1C. The number of hydrogen-bond donors (Lipinski definition) is 0. The Kier molecular flexibility index (Phi) is 31.6. The zero-order valence-electron chi connectivity index (χ0n) is 31.8. The van der Waals surface area contributed by atoms with E-state index in [0.29, 0.717) is 12.5 Å². The monoisotopic (exact) mass is 654 g/mol. The van der Waals surface area contributed by atoms with Crippen LogP contribution in [0.2, 0.25) is 0 Å². The third-order valence-electron chi connectivity index (χ3n) is 9.57. The molecule has 2 unspecified atom stereocenters. The molecule has 0 spiro atoms. The predicted octanol–water partition coefficient (Wildman–Crippen LogP) is 13.8. The van der Waals surface area contributed by atoms with E-state index >= 15 is 0 Å². The lowest BCUT2D eigenvalue weighted by Crippen LogP contribution is -2.19. The van der Waals surface area contributed by atoms with E-state index in [1.54, 1.807) is 0 Å². The average Bonchev–Trinajstić information content (AvgIpc) is 3.78. The highest BCUT2D eigenvalue weighted by molar-refractivity contribution is 5.69. The Balaban J connectivity index is 2.12. The fraction of sp³-hybridized carbons (Fsp3) is 0.795. The molecule has 1 aliphatic rings. The van der Waals surface area contributed by atoms with Crippen LogP contribution in [0.1, 0.15) is 201 Å². The van der Waals surface area contributed by atoms with Gasteiger partial charge >= 0.3 is 5.97 Å². The highest BCUT2D eigenvalue weighted by atomic mass is 16.5. The number of carbonyl (C=O) groups is 1. The van der Waals surface area contributed by atoms with Gasteiger partial charge in [-0.25, -0.2) is 0 Å². The Bertz CT molecular complexity index is 749. The van der Waals surface area contributed by atoms with Crippen LogP contribution in [-0.4, -0.2) is 36.1 Å². The van der Waals surface area contributed by atoms with Crippen LogP contribution in [0.15, 0.2) is 48.6 Å². The number of carbonyl (C=O) groups excluding carboxylic acids is 1. The molecule has 272 valence electrons. The number of ether oxygens (including phenoxy) is 1. The second-order valence-corrected chi connectivity index (χ2v) is 14.3. The summed E-state index contributed by atoms with van der Waals surface area (Å²) in [6.45, 7) is 9.02. The fourth-order valence-corrected chi connectivity index (χ4v) is 6.26. The maximum absolute atomic E-state index is 12.6. The van der Waals surface area contributed by atoms with E-state index < -0.39 is 0 Å². The van der Waals surface area contributed by atoms with Gasteiger partial charge in [0, 0.05) is 19.0 Å². The van der Waals surface area contributed by atoms with Crippen molar-refractivity contribution in [2.45, 2.75) is 213 Å². The van der Waals surface area contributed by atoms with Crippen LogP contribution in [0.4, 0.5) is 0 Å². The first-order valence-electron chi connectivity index (χ1n) is 20.7. The molecular formula is C44H79NO2. The zero-order chi connectivity index (χ0) is 33.9. The number of allylic oxidation sites excluding steroid dienone is 8.